The van der Waals surface area contributed by atoms with Crippen LogP contribution in [-0.4, -0.2) is 24.0 Å². The molecular weight excluding hydrogens is 368 g/mol. The van der Waals surface area contributed by atoms with Crippen LogP contribution in [0.3, 0.4) is 0 Å². The number of furan rings is 1. The van der Waals surface area contributed by atoms with Gasteiger partial charge in [-0.1, -0.05) is 42.1 Å². The average Bonchev–Trinajstić information content (AvgIpc) is 3.46. The summed E-state index contributed by atoms with van der Waals surface area (Å²) in [5.74, 6) is 0.967. The quantitative estimate of drug-likeness (QED) is 0.662. The van der Waals surface area contributed by atoms with Crippen molar-refractivity contribution >= 4 is 17.7 Å². The molecule has 2 N–H and O–H groups in total. The molecule has 4 nitrogen and oxygen atoms in total. The molecule has 142 valence electrons. The highest BCUT2D eigenvalue weighted by Crippen LogP contribution is 2.31. The number of hydrogen-bond donors (Lipinski definition) is 2. The number of amides is 1. The Kier molecular flexibility index (Phi) is 4.71. The van der Waals surface area contributed by atoms with E-state index in [1.54, 1.807) is 17.8 Å². The Morgan fingerprint density at radius 3 is 2.46 bits per heavy atom. The summed E-state index contributed by atoms with van der Waals surface area (Å²) in [6, 6.07) is 23.4. The summed E-state index contributed by atoms with van der Waals surface area (Å²) >= 11 is 1.72. The van der Waals surface area contributed by atoms with Crippen LogP contribution in [0.4, 0.5) is 0 Å². The van der Waals surface area contributed by atoms with Gasteiger partial charge in [0.15, 0.2) is 5.76 Å². The highest BCUT2D eigenvalue weighted by atomic mass is 32.2. The normalized spacial score (nSPS) is 23.1. The number of carbonyl (C=O) groups excluding carboxylic acids is 1. The summed E-state index contributed by atoms with van der Waals surface area (Å²) < 4.78 is 5.84. The van der Waals surface area contributed by atoms with Gasteiger partial charge in [-0.2, -0.15) is 0 Å². The second-order valence-electron chi connectivity index (χ2n) is 7.47. The standard InChI is InChI=1S/C23H22N2O2S/c26-23(25-20-14-16-8-11-19(20)24-16)22-13-12-21(27-22)15-6-9-18(10-7-15)28-17-4-2-1-3-5-17/h1-7,9-10,12-13,16,19-20,24H,8,11,14H2,(H,25,26). The molecular formula is C23H22N2O2S. The van der Waals surface area contributed by atoms with Gasteiger partial charge in [-0.3, -0.25) is 4.79 Å². The maximum atomic E-state index is 12.5. The molecule has 2 aliphatic rings. The van der Waals surface area contributed by atoms with Crippen molar-refractivity contribution in [2.75, 3.05) is 0 Å². The lowest BCUT2D eigenvalue weighted by Crippen LogP contribution is -2.42. The number of rotatable bonds is 5. The van der Waals surface area contributed by atoms with Gasteiger partial charge in [-0.05, 0) is 55.7 Å². The lowest BCUT2D eigenvalue weighted by atomic mass is 9.95. The SMILES string of the molecule is O=C(NC1CC2CCC1N2)c1ccc(-c2ccc(Sc3ccccc3)cc2)o1. The Morgan fingerprint density at radius 1 is 0.964 bits per heavy atom. The van der Waals surface area contributed by atoms with Crippen molar-refractivity contribution in [3.8, 4) is 11.3 Å². The van der Waals surface area contributed by atoms with Crippen LogP contribution in [0.15, 0.2) is 80.9 Å². The van der Waals surface area contributed by atoms with E-state index in [-0.39, 0.29) is 11.9 Å². The first-order valence-electron chi connectivity index (χ1n) is 9.75. The highest BCUT2D eigenvalue weighted by molar-refractivity contribution is 7.99. The number of nitrogens with one attached hydrogen (secondary N) is 2. The lowest BCUT2D eigenvalue weighted by Gasteiger charge is -2.20. The Labute approximate surface area is 168 Å². The van der Waals surface area contributed by atoms with E-state index >= 15 is 0 Å². The molecule has 3 unspecified atom stereocenters. The molecule has 3 heterocycles. The third-order valence-electron chi connectivity index (χ3n) is 5.56. The maximum Gasteiger partial charge on any atom is 0.287 e. The van der Waals surface area contributed by atoms with Crippen LogP contribution in [0.5, 0.6) is 0 Å². The zero-order valence-corrected chi connectivity index (χ0v) is 16.2. The Balaban J connectivity index is 1.24. The third-order valence-corrected chi connectivity index (χ3v) is 6.58. The monoisotopic (exact) mass is 390 g/mol. The smallest absolute Gasteiger partial charge is 0.287 e. The Morgan fingerprint density at radius 2 is 1.75 bits per heavy atom. The first-order valence-corrected chi connectivity index (χ1v) is 10.6. The molecule has 28 heavy (non-hydrogen) atoms. The molecule has 2 bridgehead atoms. The minimum absolute atomic E-state index is 0.123. The number of benzene rings is 2. The minimum atomic E-state index is -0.123. The molecule has 1 amide bonds. The van der Waals surface area contributed by atoms with E-state index in [1.807, 2.05) is 36.4 Å². The van der Waals surface area contributed by atoms with Crippen LogP contribution in [-0.2, 0) is 0 Å². The first kappa shape index (κ1) is 17.6. The van der Waals surface area contributed by atoms with E-state index in [9.17, 15) is 4.79 Å². The largest absolute Gasteiger partial charge is 0.451 e. The molecule has 3 aromatic rings. The van der Waals surface area contributed by atoms with Gasteiger partial charge >= 0.3 is 0 Å². The van der Waals surface area contributed by atoms with Crippen molar-refractivity contribution in [1.82, 2.24) is 10.6 Å². The van der Waals surface area contributed by atoms with Gasteiger partial charge in [0.05, 0.1) is 0 Å². The molecule has 2 saturated heterocycles. The van der Waals surface area contributed by atoms with Crippen LogP contribution < -0.4 is 10.6 Å². The number of fused-ring (bicyclic) bond motifs is 2. The topological polar surface area (TPSA) is 54.3 Å². The van der Waals surface area contributed by atoms with Gasteiger partial charge in [-0.15, -0.1) is 0 Å². The van der Waals surface area contributed by atoms with Crippen molar-refractivity contribution in [3.05, 3.63) is 72.5 Å². The summed E-state index contributed by atoms with van der Waals surface area (Å²) in [5.41, 5.74) is 0.970. The van der Waals surface area contributed by atoms with Crippen LogP contribution in [0, 0.1) is 0 Å². The second-order valence-corrected chi connectivity index (χ2v) is 8.61. The maximum absolute atomic E-state index is 12.5. The summed E-state index contributed by atoms with van der Waals surface area (Å²) in [6.45, 7) is 0. The van der Waals surface area contributed by atoms with Gasteiger partial charge in [0.1, 0.15) is 5.76 Å². The molecule has 5 rings (SSSR count). The Hall–Kier alpha value is -2.50. The van der Waals surface area contributed by atoms with E-state index in [0.29, 0.717) is 23.6 Å². The van der Waals surface area contributed by atoms with Crippen molar-refractivity contribution < 1.29 is 9.21 Å². The van der Waals surface area contributed by atoms with E-state index in [2.05, 4.69) is 34.9 Å². The molecule has 1 aromatic heterocycles. The summed E-state index contributed by atoms with van der Waals surface area (Å²) in [5, 5.41) is 6.67. The van der Waals surface area contributed by atoms with Crippen molar-refractivity contribution in [3.63, 3.8) is 0 Å². The van der Waals surface area contributed by atoms with Gasteiger partial charge in [-0.25, -0.2) is 0 Å². The fourth-order valence-electron chi connectivity index (χ4n) is 4.15. The van der Waals surface area contributed by atoms with Crippen LogP contribution >= 0.6 is 11.8 Å². The van der Waals surface area contributed by atoms with E-state index in [4.69, 9.17) is 4.42 Å². The molecule has 3 atom stereocenters. The lowest BCUT2D eigenvalue weighted by molar-refractivity contribution is 0.0903. The van der Waals surface area contributed by atoms with Gasteiger partial charge < -0.3 is 15.1 Å². The van der Waals surface area contributed by atoms with Crippen LogP contribution in [0.1, 0.15) is 29.8 Å². The Bertz CT molecular complexity index is 968. The predicted molar refractivity (Wildman–Crippen MR) is 111 cm³/mol. The van der Waals surface area contributed by atoms with Crippen LogP contribution in [0.25, 0.3) is 11.3 Å². The second kappa shape index (κ2) is 7.49. The first-order chi connectivity index (χ1) is 13.7. The summed E-state index contributed by atoms with van der Waals surface area (Å²) in [4.78, 5) is 14.9. The van der Waals surface area contributed by atoms with Crippen molar-refractivity contribution in [1.29, 1.82) is 0 Å². The summed E-state index contributed by atoms with van der Waals surface area (Å²) in [6.07, 6.45) is 3.39. The predicted octanol–water partition coefficient (Wildman–Crippen LogP) is 4.72. The minimum Gasteiger partial charge on any atom is -0.451 e. The molecule has 0 saturated carbocycles. The van der Waals surface area contributed by atoms with Gasteiger partial charge in [0.25, 0.3) is 5.91 Å². The van der Waals surface area contributed by atoms with Crippen molar-refractivity contribution in [2.45, 2.75) is 47.2 Å². The van der Waals surface area contributed by atoms with Gasteiger partial charge in [0.2, 0.25) is 0 Å². The van der Waals surface area contributed by atoms with Crippen LogP contribution in [0.2, 0.25) is 0 Å². The fourth-order valence-corrected chi connectivity index (χ4v) is 4.99. The third kappa shape index (κ3) is 3.60. The zero-order chi connectivity index (χ0) is 18.9. The average molecular weight is 391 g/mol. The molecule has 2 aromatic carbocycles. The fraction of sp³-hybridized carbons (Fsp3) is 0.261. The van der Waals surface area contributed by atoms with E-state index in [1.165, 1.54) is 16.2 Å². The molecule has 0 spiro atoms. The zero-order valence-electron chi connectivity index (χ0n) is 15.4. The number of hydrogen-bond acceptors (Lipinski definition) is 4. The van der Waals surface area contributed by atoms with Crippen molar-refractivity contribution in [2.24, 2.45) is 0 Å². The molecule has 2 fully saturated rings. The molecule has 0 aliphatic carbocycles. The van der Waals surface area contributed by atoms with E-state index in [0.717, 1.165) is 18.4 Å². The molecule has 5 heteroatoms. The van der Waals surface area contributed by atoms with E-state index < -0.39 is 0 Å². The highest BCUT2D eigenvalue weighted by Gasteiger charge is 2.39. The molecule has 2 aliphatic heterocycles. The molecule has 0 radical (unpaired) electrons. The summed E-state index contributed by atoms with van der Waals surface area (Å²) in [7, 11) is 0. The number of carbonyl (C=O) groups is 1. The van der Waals surface area contributed by atoms with Gasteiger partial charge in [0, 0.05) is 33.5 Å².